The van der Waals surface area contributed by atoms with Crippen LogP contribution in [0, 0.1) is 13.8 Å². The fraction of sp³-hybridized carbons (Fsp3) is 0.524. The smallest absolute Gasteiger partial charge is 0.388 e. The van der Waals surface area contributed by atoms with Crippen molar-refractivity contribution in [2.24, 2.45) is 0 Å². The third-order valence-electron chi connectivity index (χ3n) is 5.55. The lowest BCUT2D eigenvalue weighted by Gasteiger charge is -2.40. The Labute approximate surface area is 204 Å². The van der Waals surface area contributed by atoms with Gasteiger partial charge in [-0.1, -0.05) is 25.4 Å². The molecule has 0 aromatic carbocycles. The number of ether oxygens (including phenoxy) is 1. The van der Waals surface area contributed by atoms with Gasteiger partial charge in [0.2, 0.25) is 0 Å². The van der Waals surface area contributed by atoms with Crippen LogP contribution in [0.25, 0.3) is 5.69 Å². The molecule has 35 heavy (non-hydrogen) atoms. The summed E-state index contributed by atoms with van der Waals surface area (Å²) in [5, 5.41) is 19.7. The number of aromatic nitrogens is 6. The fourth-order valence-corrected chi connectivity index (χ4v) is 4.35. The Hall–Kier alpha value is -2.58. The predicted molar refractivity (Wildman–Crippen MR) is 118 cm³/mol. The fourth-order valence-electron chi connectivity index (χ4n) is 4.19. The molecule has 2 N–H and O–H groups in total. The molecule has 5 rings (SSSR count). The van der Waals surface area contributed by atoms with Crippen LogP contribution >= 0.6 is 11.6 Å². The highest BCUT2D eigenvalue weighted by atomic mass is 35.5. The first-order valence-electron chi connectivity index (χ1n) is 11.0. The standard InChI is InChI=1S/C19H19ClF3N7O3.C2H6/c1-8-4-25-29(7-8)13-14(31)16(32-12-6-26-33-15(12)13)18-27-9(2)28-30(18)11-3-10(20)5-24-17(11)19(21,22)23;1-2/h3-5,7,12-16,26,31H,6H2,1-2H3;1-2H3. The van der Waals surface area contributed by atoms with E-state index in [1.54, 1.807) is 17.1 Å². The Balaban J connectivity index is 0.00000141. The number of nitrogens with zero attached hydrogens (tertiary/aromatic N) is 6. The molecule has 0 bridgehead atoms. The summed E-state index contributed by atoms with van der Waals surface area (Å²) in [6.45, 7) is 7.69. The zero-order valence-electron chi connectivity index (χ0n) is 19.4. The first kappa shape index (κ1) is 25.5. The quantitative estimate of drug-likeness (QED) is 0.547. The summed E-state index contributed by atoms with van der Waals surface area (Å²) in [4.78, 5) is 13.3. The van der Waals surface area contributed by atoms with Gasteiger partial charge in [-0.3, -0.25) is 9.52 Å². The van der Waals surface area contributed by atoms with Gasteiger partial charge in [-0.2, -0.15) is 28.8 Å². The number of fused-ring (bicyclic) bond motifs is 1. The van der Waals surface area contributed by atoms with Gasteiger partial charge in [0.15, 0.2) is 11.5 Å². The molecule has 14 heteroatoms. The molecule has 0 saturated carbocycles. The lowest BCUT2D eigenvalue weighted by atomic mass is 9.92. The summed E-state index contributed by atoms with van der Waals surface area (Å²) in [6.07, 6.45) is -3.98. The third-order valence-corrected chi connectivity index (χ3v) is 5.75. The van der Waals surface area contributed by atoms with Gasteiger partial charge in [-0.25, -0.2) is 14.6 Å². The molecule has 2 fully saturated rings. The molecular formula is C21H25ClF3N7O3. The van der Waals surface area contributed by atoms with E-state index >= 15 is 0 Å². The highest BCUT2D eigenvalue weighted by molar-refractivity contribution is 6.30. The van der Waals surface area contributed by atoms with Crippen LogP contribution in [-0.4, -0.2) is 59.5 Å². The van der Waals surface area contributed by atoms with Gasteiger partial charge in [0.25, 0.3) is 0 Å². The number of hydrogen-bond donors (Lipinski definition) is 2. The van der Waals surface area contributed by atoms with E-state index in [9.17, 15) is 18.3 Å². The largest absolute Gasteiger partial charge is 0.435 e. The molecular weight excluding hydrogens is 491 g/mol. The number of rotatable bonds is 3. The summed E-state index contributed by atoms with van der Waals surface area (Å²) in [5.41, 5.74) is 2.01. The van der Waals surface area contributed by atoms with Crippen molar-refractivity contribution in [2.45, 2.75) is 64.3 Å². The molecule has 190 valence electrons. The van der Waals surface area contributed by atoms with Crippen molar-refractivity contribution >= 4 is 11.6 Å². The lowest BCUT2D eigenvalue weighted by Crippen LogP contribution is -2.51. The van der Waals surface area contributed by atoms with Gasteiger partial charge in [0.1, 0.15) is 36.3 Å². The minimum atomic E-state index is -4.77. The van der Waals surface area contributed by atoms with Crippen molar-refractivity contribution in [2.75, 3.05) is 6.54 Å². The topological polar surface area (TPSA) is 112 Å². The van der Waals surface area contributed by atoms with E-state index in [2.05, 4.69) is 25.6 Å². The number of pyridine rings is 1. The second-order valence-electron chi connectivity index (χ2n) is 7.95. The van der Waals surface area contributed by atoms with E-state index in [0.717, 1.165) is 22.5 Å². The molecule has 0 aliphatic carbocycles. The van der Waals surface area contributed by atoms with Crippen LogP contribution in [0.4, 0.5) is 13.2 Å². The molecule has 3 aromatic heterocycles. The number of hydrogen-bond acceptors (Lipinski definition) is 8. The molecule has 2 saturated heterocycles. The summed E-state index contributed by atoms with van der Waals surface area (Å²) in [7, 11) is 0. The van der Waals surface area contributed by atoms with Crippen LogP contribution in [0.15, 0.2) is 24.7 Å². The van der Waals surface area contributed by atoms with E-state index in [1.165, 1.54) is 6.92 Å². The molecule has 5 unspecified atom stereocenters. The van der Waals surface area contributed by atoms with E-state index in [4.69, 9.17) is 21.2 Å². The molecule has 2 aliphatic rings. The molecule has 0 spiro atoms. The van der Waals surface area contributed by atoms with Gasteiger partial charge in [-0.05, 0) is 25.5 Å². The maximum absolute atomic E-state index is 13.7. The molecule has 3 aromatic rings. The van der Waals surface area contributed by atoms with Crippen molar-refractivity contribution in [3.63, 3.8) is 0 Å². The normalized spacial score (nSPS) is 26.3. The highest BCUT2D eigenvalue weighted by Gasteiger charge is 2.52. The summed E-state index contributed by atoms with van der Waals surface area (Å²) >= 11 is 5.96. The lowest BCUT2D eigenvalue weighted by molar-refractivity contribution is -0.189. The number of hydroxylamine groups is 1. The van der Waals surface area contributed by atoms with Crippen molar-refractivity contribution in [1.82, 2.24) is 35.0 Å². The van der Waals surface area contributed by atoms with E-state index in [1.807, 2.05) is 20.8 Å². The zero-order valence-corrected chi connectivity index (χ0v) is 20.1. The highest BCUT2D eigenvalue weighted by Crippen LogP contribution is 2.41. The van der Waals surface area contributed by atoms with Crippen LogP contribution in [0.5, 0.6) is 0 Å². The van der Waals surface area contributed by atoms with Crippen LogP contribution in [-0.2, 0) is 15.8 Å². The van der Waals surface area contributed by atoms with Crippen LogP contribution in [0.1, 0.15) is 48.9 Å². The summed E-state index contributed by atoms with van der Waals surface area (Å²) < 4.78 is 49.7. The van der Waals surface area contributed by atoms with Crippen LogP contribution < -0.4 is 5.48 Å². The Morgan fingerprint density at radius 3 is 2.63 bits per heavy atom. The van der Waals surface area contributed by atoms with E-state index in [-0.39, 0.29) is 16.7 Å². The summed E-state index contributed by atoms with van der Waals surface area (Å²) in [5.74, 6) is 0.164. The number of aliphatic hydroxyl groups is 1. The van der Waals surface area contributed by atoms with Gasteiger partial charge in [-0.15, -0.1) is 0 Å². The Kier molecular flexibility index (Phi) is 7.16. The Morgan fingerprint density at radius 1 is 1.23 bits per heavy atom. The van der Waals surface area contributed by atoms with Crippen LogP contribution in [0.3, 0.4) is 0 Å². The molecule has 5 heterocycles. The third kappa shape index (κ3) is 4.78. The van der Waals surface area contributed by atoms with E-state index < -0.39 is 48.0 Å². The van der Waals surface area contributed by atoms with Crippen LogP contribution in [0.2, 0.25) is 5.02 Å². The molecule has 10 nitrogen and oxygen atoms in total. The first-order chi connectivity index (χ1) is 16.6. The van der Waals surface area contributed by atoms with Gasteiger partial charge < -0.3 is 9.84 Å². The summed E-state index contributed by atoms with van der Waals surface area (Å²) in [6, 6.07) is 0.407. The average molecular weight is 516 g/mol. The van der Waals surface area contributed by atoms with Crippen molar-refractivity contribution in [3.05, 3.63) is 52.6 Å². The maximum Gasteiger partial charge on any atom is 0.435 e. The Morgan fingerprint density at radius 2 is 1.97 bits per heavy atom. The minimum absolute atomic E-state index is 0.0134. The van der Waals surface area contributed by atoms with Gasteiger partial charge >= 0.3 is 6.18 Å². The average Bonchev–Trinajstić information content (AvgIpc) is 3.53. The number of alkyl halides is 3. The predicted octanol–water partition coefficient (Wildman–Crippen LogP) is 3.12. The maximum atomic E-state index is 13.7. The molecule has 0 radical (unpaired) electrons. The number of halogens is 4. The second kappa shape index (κ2) is 9.82. The SMILES string of the molecule is CC.Cc1cnn(C2C(O)C(c3nc(C)nn3-c3cc(Cl)cnc3C(F)(F)F)OC3CNOC32)c1. The van der Waals surface area contributed by atoms with Crippen molar-refractivity contribution in [3.8, 4) is 5.69 Å². The molecule has 5 atom stereocenters. The number of aliphatic hydroxyl groups excluding tert-OH is 1. The Bertz CT molecular complexity index is 1190. The van der Waals surface area contributed by atoms with E-state index in [0.29, 0.717) is 6.54 Å². The van der Waals surface area contributed by atoms with Crippen molar-refractivity contribution < 1.29 is 27.9 Å². The number of aryl methyl sites for hydroxylation is 2. The zero-order chi connectivity index (χ0) is 25.5. The van der Waals surface area contributed by atoms with Gasteiger partial charge in [0, 0.05) is 12.4 Å². The first-order valence-corrected chi connectivity index (χ1v) is 11.4. The second-order valence-corrected chi connectivity index (χ2v) is 8.39. The monoisotopic (exact) mass is 515 g/mol. The van der Waals surface area contributed by atoms with Gasteiger partial charge in [0.05, 0.1) is 23.5 Å². The van der Waals surface area contributed by atoms with Crippen molar-refractivity contribution in [1.29, 1.82) is 0 Å². The number of nitrogens with one attached hydrogen (secondary N) is 1. The molecule has 0 amide bonds. The molecule has 2 aliphatic heterocycles. The minimum Gasteiger partial charge on any atom is -0.388 e.